The van der Waals surface area contributed by atoms with Crippen LogP contribution in [0.1, 0.15) is 63.4 Å². The molecule has 10 heteroatoms. The number of sulfonamides is 1. The molecule has 3 aromatic rings. The summed E-state index contributed by atoms with van der Waals surface area (Å²) in [6.07, 6.45) is 2.44. The van der Waals surface area contributed by atoms with Gasteiger partial charge in [0.05, 0.1) is 10.5 Å². The molecule has 0 spiro atoms. The van der Waals surface area contributed by atoms with Gasteiger partial charge in [-0.3, -0.25) is 14.5 Å². The fourth-order valence-corrected chi connectivity index (χ4v) is 7.10. The van der Waals surface area contributed by atoms with Gasteiger partial charge in [-0.15, -0.1) is 11.3 Å². The SMILES string of the molecule is CCCN(CCC)C(=O)c1c(NC(=O)c2ccc(S(=O)(=O)N(C)C)cc2)sc2c1CCN(Cc1ccccc1)C2. The highest BCUT2D eigenvalue weighted by Gasteiger charge is 2.31. The Hall–Kier alpha value is -3.05. The zero-order chi connectivity index (χ0) is 28.9. The lowest BCUT2D eigenvalue weighted by Gasteiger charge is -2.28. The summed E-state index contributed by atoms with van der Waals surface area (Å²) in [6, 6.07) is 16.2. The Bertz CT molecular complexity index is 1430. The Morgan fingerprint density at radius 1 is 0.975 bits per heavy atom. The normalized spacial score (nSPS) is 13.7. The summed E-state index contributed by atoms with van der Waals surface area (Å²) in [5.41, 5.74) is 3.19. The van der Waals surface area contributed by atoms with Gasteiger partial charge in [0.15, 0.2) is 0 Å². The Morgan fingerprint density at radius 2 is 1.62 bits per heavy atom. The van der Waals surface area contributed by atoms with Crippen molar-refractivity contribution in [1.82, 2.24) is 14.1 Å². The molecule has 0 unspecified atom stereocenters. The minimum absolute atomic E-state index is 0.0413. The molecule has 0 radical (unpaired) electrons. The Morgan fingerprint density at radius 3 is 2.23 bits per heavy atom. The van der Waals surface area contributed by atoms with E-state index in [-0.39, 0.29) is 16.7 Å². The van der Waals surface area contributed by atoms with Crippen molar-refractivity contribution in [2.45, 2.75) is 51.1 Å². The largest absolute Gasteiger partial charge is 0.339 e. The maximum Gasteiger partial charge on any atom is 0.257 e. The molecule has 0 aliphatic carbocycles. The van der Waals surface area contributed by atoms with Crippen molar-refractivity contribution in [1.29, 1.82) is 0 Å². The molecule has 0 fully saturated rings. The molecular weight excluding hydrogens is 544 g/mol. The molecule has 1 N–H and O–H groups in total. The summed E-state index contributed by atoms with van der Waals surface area (Å²) in [6.45, 7) is 7.80. The predicted octanol–water partition coefficient (Wildman–Crippen LogP) is 5.07. The number of benzene rings is 2. The van der Waals surface area contributed by atoms with Crippen LogP contribution < -0.4 is 5.32 Å². The van der Waals surface area contributed by atoms with Crippen LogP contribution in [0.3, 0.4) is 0 Å². The first-order valence-electron chi connectivity index (χ1n) is 13.7. The minimum atomic E-state index is -3.60. The van der Waals surface area contributed by atoms with Gasteiger partial charge in [-0.2, -0.15) is 0 Å². The second-order valence-corrected chi connectivity index (χ2v) is 13.5. The predicted molar refractivity (Wildman–Crippen MR) is 160 cm³/mol. The molecule has 0 bridgehead atoms. The van der Waals surface area contributed by atoms with Gasteiger partial charge >= 0.3 is 0 Å². The second kappa shape index (κ2) is 13.1. The lowest BCUT2D eigenvalue weighted by Crippen LogP contribution is -2.35. The summed E-state index contributed by atoms with van der Waals surface area (Å²) in [4.78, 5) is 32.7. The minimum Gasteiger partial charge on any atom is -0.339 e. The fraction of sp³-hybridized carbons (Fsp3) is 0.400. The molecule has 1 aliphatic rings. The fourth-order valence-electron chi connectivity index (χ4n) is 4.92. The molecule has 0 saturated carbocycles. The van der Waals surface area contributed by atoms with Crippen LogP contribution in [0.5, 0.6) is 0 Å². The lowest BCUT2D eigenvalue weighted by atomic mass is 10.0. The van der Waals surface area contributed by atoms with E-state index in [0.717, 1.165) is 47.1 Å². The van der Waals surface area contributed by atoms with Gasteiger partial charge < -0.3 is 10.2 Å². The first-order valence-corrected chi connectivity index (χ1v) is 15.9. The van der Waals surface area contributed by atoms with Crippen molar-refractivity contribution in [3.05, 3.63) is 81.7 Å². The van der Waals surface area contributed by atoms with Gasteiger partial charge in [-0.25, -0.2) is 12.7 Å². The Kier molecular flexibility index (Phi) is 9.78. The monoisotopic (exact) mass is 582 g/mol. The van der Waals surface area contributed by atoms with Crippen LogP contribution in [-0.4, -0.2) is 68.1 Å². The van der Waals surface area contributed by atoms with Gasteiger partial charge in [-0.1, -0.05) is 44.2 Å². The first kappa shape index (κ1) is 29.9. The van der Waals surface area contributed by atoms with Crippen molar-refractivity contribution in [3.8, 4) is 0 Å². The van der Waals surface area contributed by atoms with E-state index in [2.05, 4.69) is 36.2 Å². The number of rotatable bonds is 11. The van der Waals surface area contributed by atoms with E-state index in [9.17, 15) is 18.0 Å². The van der Waals surface area contributed by atoms with Crippen LogP contribution in [-0.2, 0) is 29.5 Å². The van der Waals surface area contributed by atoms with E-state index in [1.54, 1.807) is 0 Å². The molecule has 2 amide bonds. The number of fused-ring (bicyclic) bond motifs is 1. The number of nitrogens with zero attached hydrogens (tertiary/aromatic N) is 3. The molecule has 1 aliphatic heterocycles. The van der Waals surface area contributed by atoms with Gasteiger partial charge in [0.1, 0.15) is 5.00 Å². The van der Waals surface area contributed by atoms with Crippen molar-refractivity contribution < 1.29 is 18.0 Å². The highest BCUT2D eigenvalue weighted by atomic mass is 32.2. The van der Waals surface area contributed by atoms with Crippen LogP contribution in [0.25, 0.3) is 0 Å². The molecule has 0 saturated heterocycles. The number of amides is 2. The van der Waals surface area contributed by atoms with Crippen molar-refractivity contribution in [3.63, 3.8) is 0 Å². The van der Waals surface area contributed by atoms with Crippen LogP contribution in [0.15, 0.2) is 59.5 Å². The molecule has 4 rings (SSSR count). The number of hydrogen-bond acceptors (Lipinski definition) is 6. The number of carbonyl (C=O) groups excluding carboxylic acids is 2. The first-order chi connectivity index (χ1) is 19.1. The molecule has 214 valence electrons. The van der Waals surface area contributed by atoms with Crippen LogP contribution in [0.4, 0.5) is 5.00 Å². The molecule has 0 atom stereocenters. The van der Waals surface area contributed by atoms with E-state index >= 15 is 0 Å². The average molecular weight is 583 g/mol. The summed E-state index contributed by atoms with van der Waals surface area (Å²) in [5.74, 6) is -0.416. The molecular formula is C30H38N4O4S2. The maximum atomic E-state index is 13.9. The van der Waals surface area contributed by atoms with Gasteiger partial charge in [-0.05, 0) is 54.7 Å². The number of thiophene rings is 1. The average Bonchev–Trinajstić information content (AvgIpc) is 3.29. The third kappa shape index (κ3) is 6.63. The highest BCUT2D eigenvalue weighted by molar-refractivity contribution is 7.89. The number of nitrogens with one attached hydrogen (secondary N) is 1. The summed E-state index contributed by atoms with van der Waals surface area (Å²) >= 11 is 1.47. The van der Waals surface area contributed by atoms with E-state index in [0.29, 0.717) is 35.8 Å². The topological polar surface area (TPSA) is 90.0 Å². The molecule has 2 heterocycles. The van der Waals surface area contributed by atoms with Crippen molar-refractivity contribution >= 4 is 38.2 Å². The second-order valence-electron chi connectivity index (χ2n) is 10.2. The van der Waals surface area contributed by atoms with Crippen molar-refractivity contribution in [2.75, 3.05) is 39.0 Å². The summed E-state index contributed by atoms with van der Waals surface area (Å²) < 4.78 is 26.0. The Balaban J connectivity index is 1.63. The van der Waals surface area contributed by atoms with Gasteiger partial charge in [0, 0.05) is 57.3 Å². The lowest BCUT2D eigenvalue weighted by molar-refractivity contribution is 0.0755. The van der Waals surface area contributed by atoms with Crippen LogP contribution in [0.2, 0.25) is 0 Å². The van der Waals surface area contributed by atoms with E-state index in [4.69, 9.17) is 0 Å². The molecule has 2 aromatic carbocycles. The third-order valence-corrected chi connectivity index (χ3v) is 9.96. The molecule has 1 aromatic heterocycles. The van der Waals surface area contributed by atoms with E-state index in [1.165, 1.54) is 55.3 Å². The maximum absolute atomic E-state index is 13.9. The summed E-state index contributed by atoms with van der Waals surface area (Å²) in [7, 11) is -0.665. The number of carbonyl (C=O) groups is 2. The molecule has 40 heavy (non-hydrogen) atoms. The Labute approximate surface area is 241 Å². The summed E-state index contributed by atoms with van der Waals surface area (Å²) in [5, 5.41) is 3.56. The smallest absolute Gasteiger partial charge is 0.257 e. The number of anilines is 1. The standard InChI is InChI=1S/C30H38N4O4S2/c1-5-17-34(18-6-2)30(36)27-25-16-19-33(20-22-10-8-7-9-11-22)21-26(25)39-29(27)31-28(35)23-12-14-24(15-13-23)40(37,38)32(3)4/h7-15H,5-6,16-21H2,1-4H3,(H,31,35). The van der Waals surface area contributed by atoms with E-state index < -0.39 is 10.0 Å². The quantitative estimate of drug-likeness (QED) is 0.341. The molecule has 8 nitrogen and oxygen atoms in total. The van der Waals surface area contributed by atoms with Gasteiger partial charge in [0.25, 0.3) is 11.8 Å². The number of hydrogen-bond donors (Lipinski definition) is 1. The highest BCUT2D eigenvalue weighted by Crippen LogP contribution is 2.38. The van der Waals surface area contributed by atoms with Crippen LogP contribution >= 0.6 is 11.3 Å². The van der Waals surface area contributed by atoms with Gasteiger partial charge in [0.2, 0.25) is 10.0 Å². The van der Waals surface area contributed by atoms with E-state index in [1.807, 2.05) is 23.1 Å². The van der Waals surface area contributed by atoms with Crippen LogP contribution in [0, 0.1) is 0 Å². The van der Waals surface area contributed by atoms with Crippen molar-refractivity contribution in [2.24, 2.45) is 0 Å². The third-order valence-electron chi connectivity index (χ3n) is 7.00. The zero-order valence-electron chi connectivity index (χ0n) is 23.6. The zero-order valence-corrected chi connectivity index (χ0v) is 25.3.